The molecule has 0 aliphatic carbocycles. The number of rotatable bonds is 5. The largest absolute Gasteiger partial charge is 0.378 e. The average molecular weight is 333 g/mol. The van der Waals surface area contributed by atoms with Crippen LogP contribution >= 0.6 is 0 Å². The summed E-state index contributed by atoms with van der Waals surface area (Å²) in [5.41, 5.74) is 1.62. The van der Waals surface area contributed by atoms with E-state index in [4.69, 9.17) is 0 Å². The number of nitrogens with one attached hydrogen (secondary N) is 2. The average Bonchev–Trinajstić information content (AvgIpc) is 2.51. The summed E-state index contributed by atoms with van der Waals surface area (Å²) in [4.78, 5) is 25.5. The first-order valence-electron chi connectivity index (χ1n) is 7.17. The Hall–Kier alpha value is -2.96. The second-order valence-electron chi connectivity index (χ2n) is 5.34. The molecule has 2 aromatic rings. The Morgan fingerprint density at radius 1 is 0.875 bits per heavy atom. The van der Waals surface area contributed by atoms with Crippen LogP contribution in [0.1, 0.15) is 6.42 Å². The molecule has 126 valence electrons. The van der Waals surface area contributed by atoms with Crippen LogP contribution in [-0.4, -0.2) is 25.9 Å². The molecule has 0 spiro atoms. The molecule has 2 aromatic carbocycles. The summed E-state index contributed by atoms with van der Waals surface area (Å²) < 4.78 is 25.9. The number of nitrogens with zero attached hydrogens (tertiary/aromatic N) is 1. The number of hydrogen-bond acceptors (Lipinski definition) is 3. The molecule has 0 fully saturated rings. The molecular weight excluding hydrogens is 316 g/mol. The van der Waals surface area contributed by atoms with Crippen molar-refractivity contribution < 1.29 is 18.4 Å². The SMILES string of the molecule is CN(C)c1ccc(NC(=O)CC(=O)Nc2ccc(F)c(F)c2)cc1. The molecule has 24 heavy (non-hydrogen) atoms. The Labute approximate surface area is 138 Å². The molecule has 0 aliphatic rings. The van der Waals surface area contributed by atoms with Crippen molar-refractivity contribution >= 4 is 28.9 Å². The topological polar surface area (TPSA) is 61.4 Å². The third-order valence-corrected chi connectivity index (χ3v) is 3.19. The molecule has 7 heteroatoms. The second kappa shape index (κ2) is 7.54. The third-order valence-electron chi connectivity index (χ3n) is 3.19. The van der Waals surface area contributed by atoms with Crippen molar-refractivity contribution in [2.45, 2.75) is 6.42 Å². The lowest BCUT2D eigenvalue weighted by atomic mass is 10.2. The van der Waals surface area contributed by atoms with Gasteiger partial charge in [0.05, 0.1) is 0 Å². The van der Waals surface area contributed by atoms with Crippen LogP contribution in [0.2, 0.25) is 0 Å². The van der Waals surface area contributed by atoms with Crippen molar-refractivity contribution in [1.29, 1.82) is 0 Å². The summed E-state index contributed by atoms with van der Waals surface area (Å²) >= 11 is 0. The van der Waals surface area contributed by atoms with Crippen molar-refractivity contribution in [3.05, 3.63) is 54.1 Å². The van der Waals surface area contributed by atoms with Gasteiger partial charge in [0.15, 0.2) is 11.6 Å². The van der Waals surface area contributed by atoms with E-state index in [0.717, 1.165) is 17.8 Å². The van der Waals surface area contributed by atoms with Gasteiger partial charge < -0.3 is 15.5 Å². The maximum atomic E-state index is 13.1. The predicted octanol–water partition coefficient (Wildman–Crippen LogP) is 3.00. The van der Waals surface area contributed by atoms with E-state index in [1.54, 1.807) is 12.1 Å². The minimum absolute atomic E-state index is 0.0852. The lowest BCUT2D eigenvalue weighted by molar-refractivity contribution is -0.123. The van der Waals surface area contributed by atoms with Crippen LogP contribution in [-0.2, 0) is 9.59 Å². The molecular formula is C17H17F2N3O2. The zero-order chi connectivity index (χ0) is 17.7. The molecule has 0 aliphatic heterocycles. The zero-order valence-corrected chi connectivity index (χ0v) is 13.3. The number of benzene rings is 2. The van der Waals surface area contributed by atoms with Gasteiger partial charge in [-0.2, -0.15) is 0 Å². The highest BCUT2D eigenvalue weighted by Gasteiger charge is 2.11. The van der Waals surface area contributed by atoms with E-state index >= 15 is 0 Å². The Morgan fingerprint density at radius 3 is 1.96 bits per heavy atom. The summed E-state index contributed by atoms with van der Waals surface area (Å²) in [5.74, 6) is -3.21. The highest BCUT2D eigenvalue weighted by Crippen LogP contribution is 2.16. The van der Waals surface area contributed by atoms with Crippen molar-refractivity contribution in [2.75, 3.05) is 29.6 Å². The van der Waals surface area contributed by atoms with E-state index in [-0.39, 0.29) is 5.69 Å². The van der Waals surface area contributed by atoms with Gasteiger partial charge in [0.2, 0.25) is 11.8 Å². The Balaban J connectivity index is 1.89. The third kappa shape index (κ3) is 4.77. The van der Waals surface area contributed by atoms with Crippen molar-refractivity contribution in [3.8, 4) is 0 Å². The smallest absolute Gasteiger partial charge is 0.233 e. The van der Waals surface area contributed by atoms with Crippen LogP contribution in [0.3, 0.4) is 0 Å². The summed E-state index contributed by atoms with van der Waals surface area (Å²) in [7, 11) is 3.80. The van der Waals surface area contributed by atoms with Gasteiger partial charge in [-0.15, -0.1) is 0 Å². The van der Waals surface area contributed by atoms with Crippen molar-refractivity contribution in [1.82, 2.24) is 0 Å². The zero-order valence-electron chi connectivity index (χ0n) is 13.3. The number of carbonyl (C=O) groups is 2. The molecule has 5 nitrogen and oxygen atoms in total. The number of carbonyl (C=O) groups excluding carboxylic acids is 2. The van der Waals surface area contributed by atoms with Gasteiger partial charge in [-0.3, -0.25) is 9.59 Å². The fourth-order valence-electron chi connectivity index (χ4n) is 1.97. The van der Waals surface area contributed by atoms with Crippen molar-refractivity contribution in [3.63, 3.8) is 0 Å². The predicted molar refractivity (Wildman–Crippen MR) is 89.0 cm³/mol. The van der Waals surface area contributed by atoms with Gasteiger partial charge in [0.25, 0.3) is 0 Å². The van der Waals surface area contributed by atoms with E-state index in [9.17, 15) is 18.4 Å². The van der Waals surface area contributed by atoms with Gasteiger partial charge in [-0.1, -0.05) is 0 Å². The first-order chi connectivity index (χ1) is 11.3. The maximum absolute atomic E-state index is 13.1. The van der Waals surface area contributed by atoms with Crippen LogP contribution < -0.4 is 15.5 Å². The van der Waals surface area contributed by atoms with Crippen LogP contribution in [0.15, 0.2) is 42.5 Å². The minimum Gasteiger partial charge on any atom is -0.378 e. The second-order valence-corrected chi connectivity index (χ2v) is 5.34. The van der Waals surface area contributed by atoms with Gasteiger partial charge in [-0.25, -0.2) is 8.78 Å². The van der Waals surface area contributed by atoms with E-state index in [1.165, 1.54) is 6.07 Å². The quantitative estimate of drug-likeness (QED) is 0.827. The standard InChI is InChI=1S/C17H17F2N3O2/c1-22(2)13-6-3-11(4-7-13)20-16(23)10-17(24)21-12-5-8-14(18)15(19)9-12/h3-9H,10H2,1-2H3,(H,20,23)(H,21,24). The van der Waals surface area contributed by atoms with Crippen LogP contribution in [0.4, 0.5) is 25.8 Å². The normalized spacial score (nSPS) is 10.2. The van der Waals surface area contributed by atoms with Crippen LogP contribution in [0, 0.1) is 11.6 Å². The van der Waals surface area contributed by atoms with Gasteiger partial charge in [-0.05, 0) is 36.4 Å². The molecule has 0 heterocycles. The Morgan fingerprint density at radius 2 is 1.42 bits per heavy atom. The fourth-order valence-corrected chi connectivity index (χ4v) is 1.97. The summed E-state index contributed by atoms with van der Waals surface area (Å²) in [6.07, 6.45) is -0.436. The number of amides is 2. The molecule has 2 N–H and O–H groups in total. The van der Waals surface area contributed by atoms with E-state index in [1.807, 2.05) is 31.1 Å². The number of hydrogen-bond donors (Lipinski definition) is 2. The van der Waals surface area contributed by atoms with Gasteiger partial charge >= 0.3 is 0 Å². The highest BCUT2D eigenvalue weighted by molar-refractivity contribution is 6.08. The monoisotopic (exact) mass is 333 g/mol. The van der Waals surface area contributed by atoms with E-state index in [0.29, 0.717) is 5.69 Å². The molecule has 0 aromatic heterocycles. The first kappa shape index (κ1) is 17.4. The Kier molecular flexibility index (Phi) is 5.47. The Bertz CT molecular complexity index is 746. The molecule has 2 amide bonds. The van der Waals surface area contributed by atoms with Gasteiger partial charge in [0, 0.05) is 37.2 Å². The van der Waals surface area contributed by atoms with E-state index < -0.39 is 29.9 Å². The first-order valence-corrected chi connectivity index (χ1v) is 7.17. The lowest BCUT2D eigenvalue weighted by Gasteiger charge is -2.13. The molecule has 0 bridgehead atoms. The van der Waals surface area contributed by atoms with Crippen LogP contribution in [0.25, 0.3) is 0 Å². The molecule has 0 atom stereocenters. The highest BCUT2D eigenvalue weighted by atomic mass is 19.2. The summed E-state index contributed by atoms with van der Waals surface area (Å²) in [6, 6.07) is 10.1. The summed E-state index contributed by atoms with van der Waals surface area (Å²) in [5, 5.41) is 4.93. The van der Waals surface area contributed by atoms with Crippen molar-refractivity contribution in [2.24, 2.45) is 0 Å². The molecule has 2 rings (SSSR count). The molecule has 0 unspecified atom stereocenters. The summed E-state index contributed by atoms with van der Waals surface area (Å²) in [6.45, 7) is 0. The number of halogens is 2. The van der Waals surface area contributed by atoms with E-state index in [2.05, 4.69) is 10.6 Å². The number of anilines is 3. The van der Waals surface area contributed by atoms with Crippen LogP contribution in [0.5, 0.6) is 0 Å². The molecule has 0 radical (unpaired) electrons. The maximum Gasteiger partial charge on any atom is 0.233 e. The molecule has 0 saturated heterocycles. The van der Waals surface area contributed by atoms with Gasteiger partial charge in [0.1, 0.15) is 6.42 Å². The molecule has 0 saturated carbocycles. The lowest BCUT2D eigenvalue weighted by Crippen LogP contribution is -2.21. The fraction of sp³-hybridized carbons (Fsp3) is 0.176. The minimum atomic E-state index is -1.07.